The number of rotatable bonds is 15. The van der Waals surface area contributed by atoms with Crippen molar-refractivity contribution in [3.05, 3.63) is 154 Å². The maximum absolute atomic E-state index is 14.4. The standard InChI is InChI=1S/C47H42F2N2O10S2/c1-3-50(4-2)62(57,58)38-13-7-31(8-14-38)47(56)43-24-30(22-34-6-12-36(49)28-41(34)43)26-45(54)61-37-17-19-51(20-18-37)63(59,60)39-15-9-32(10-16-39)46(55)42-23-29(25-44(52)53)21-33-5-11-35(48)27-40(33)42/h5-16,21-24,27-28,37H,3-4,17-20,25-26H2,1-2H3,(H,52,53). The van der Waals surface area contributed by atoms with E-state index in [1.54, 1.807) is 26.0 Å². The molecule has 0 amide bonds. The summed E-state index contributed by atoms with van der Waals surface area (Å²) < 4.78 is 90.2. The van der Waals surface area contributed by atoms with Crippen LogP contribution < -0.4 is 0 Å². The normalized spacial score (nSPS) is 14.0. The number of carboxylic acids is 1. The predicted molar refractivity (Wildman–Crippen MR) is 231 cm³/mol. The van der Waals surface area contributed by atoms with Crippen molar-refractivity contribution in [2.45, 2.75) is 55.4 Å². The Morgan fingerprint density at radius 1 is 0.651 bits per heavy atom. The van der Waals surface area contributed by atoms with Gasteiger partial charge in [0.2, 0.25) is 20.0 Å². The van der Waals surface area contributed by atoms with Gasteiger partial charge in [-0.25, -0.2) is 25.6 Å². The highest BCUT2D eigenvalue weighted by Gasteiger charge is 2.31. The van der Waals surface area contributed by atoms with Crippen molar-refractivity contribution in [2.24, 2.45) is 0 Å². The molecule has 0 aromatic heterocycles. The molecule has 0 bridgehead atoms. The Kier molecular flexibility index (Phi) is 13.0. The van der Waals surface area contributed by atoms with Crippen molar-refractivity contribution in [2.75, 3.05) is 26.2 Å². The molecule has 1 fully saturated rings. The van der Waals surface area contributed by atoms with E-state index < -0.39 is 61.3 Å². The van der Waals surface area contributed by atoms with E-state index in [1.165, 1.54) is 106 Å². The molecule has 16 heteroatoms. The molecule has 0 aliphatic carbocycles. The van der Waals surface area contributed by atoms with Crippen LogP contribution in [0, 0.1) is 11.6 Å². The van der Waals surface area contributed by atoms with E-state index in [4.69, 9.17) is 4.74 Å². The number of ether oxygens (including phenoxy) is 1. The van der Waals surface area contributed by atoms with Gasteiger partial charge >= 0.3 is 11.9 Å². The first kappa shape index (κ1) is 44.8. The third-order valence-electron chi connectivity index (χ3n) is 11.1. The van der Waals surface area contributed by atoms with Crippen molar-refractivity contribution in [1.82, 2.24) is 8.61 Å². The first-order valence-electron chi connectivity index (χ1n) is 20.1. The molecular weight excluding hydrogens is 855 g/mol. The molecule has 6 aromatic carbocycles. The summed E-state index contributed by atoms with van der Waals surface area (Å²) in [6.07, 6.45) is -0.822. The van der Waals surface area contributed by atoms with Crippen LogP contribution in [-0.2, 0) is 47.2 Å². The summed E-state index contributed by atoms with van der Waals surface area (Å²) in [7, 11) is -7.80. The fourth-order valence-electron chi connectivity index (χ4n) is 7.85. The predicted octanol–water partition coefficient (Wildman–Crippen LogP) is 7.33. The number of hydrogen-bond acceptors (Lipinski definition) is 9. The second-order valence-corrected chi connectivity index (χ2v) is 19.0. The van der Waals surface area contributed by atoms with Crippen LogP contribution in [0.25, 0.3) is 21.5 Å². The van der Waals surface area contributed by atoms with Crippen LogP contribution in [0.15, 0.2) is 119 Å². The number of benzene rings is 6. The van der Waals surface area contributed by atoms with Gasteiger partial charge in [0.25, 0.3) is 0 Å². The molecule has 0 saturated carbocycles. The van der Waals surface area contributed by atoms with Gasteiger partial charge in [-0.2, -0.15) is 8.61 Å². The molecule has 0 spiro atoms. The van der Waals surface area contributed by atoms with Crippen molar-refractivity contribution in [3.63, 3.8) is 0 Å². The third-order valence-corrected chi connectivity index (χ3v) is 15.0. The fourth-order valence-corrected chi connectivity index (χ4v) is 10.8. The van der Waals surface area contributed by atoms with Crippen LogP contribution in [0.1, 0.15) is 69.7 Å². The monoisotopic (exact) mass is 896 g/mol. The average molecular weight is 897 g/mol. The Morgan fingerprint density at radius 2 is 1.11 bits per heavy atom. The minimum atomic E-state index is -4.03. The molecule has 1 saturated heterocycles. The van der Waals surface area contributed by atoms with Crippen molar-refractivity contribution in [1.29, 1.82) is 0 Å². The Morgan fingerprint density at radius 3 is 1.57 bits per heavy atom. The van der Waals surface area contributed by atoms with Gasteiger partial charge in [0, 0.05) is 48.4 Å². The van der Waals surface area contributed by atoms with Crippen LogP contribution in [0.4, 0.5) is 8.78 Å². The molecule has 0 atom stereocenters. The minimum Gasteiger partial charge on any atom is -0.481 e. The van der Waals surface area contributed by atoms with E-state index in [0.29, 0.717) is 27.3 Å². The van der Waals surface area contributed by atoms with Gasteiger partial charge in [-0.05, 0) is 130 Å². The molecule has 6 aromatic rings. The highest BCUT2D eigenvalue weighted by atomic mass is 32.2. The molecule has 0 unspecified atom stereocenters. The summed E-state index contributed by atoms with van der Waals surface area (Å²) in [5.41, 5.74) is 1.23. The highest BCUT2D eigenvalue weighted by Crippen LogP contribution is 2.29. The second kappa shape index (κ2) is 18.3. The van der Waals surface area contributed by atoms with Crippen molar-refractivity contribution >= 4 is 65.1 Å². The molecule has 12 nitrogen and oxygen atoms in total. The first-order chi connectivity index (χ1) is 30.0. The lowest BCUT2D eigenvalue weighted by Gasteiger charge is -2.31. The number of carbonyl (C=O) groups excluding carboxylic acids is 3. The van der Waals surface area contributed by atoms with E-state index in [0.717, 1.165) is 0 Å². The molecule has 1 aliphatic rings. The number of esters is 1. The van der Waals surface area contributed by atoms with Gasteiger partial charge in [0.15, 0.2) is 11.6 Å². The zero-order chi connectivity index (χ0) is 45.2. The summed E-state index contributed by atoms with van der Waals surface area (Å²) in [5, 5.41) is 10.9. The maximum Gasteiger partial charge on any atom is 0.310 e. The van der Waals surface area contributed by atoms with Gasteiger partial charge in [0.1, 0.15) is 17.7 Å². The second-order valence-electron chi connectivity index (χ2n) is 15.2. The number of aliphatic carboxylic acids is 1. The largest absolute Gasteiger partial charge is 0.481 e. The lowest BCUT2D eigenvalue weighted by Crippen LogP contribution is -2.41. The molecule has 326 valence electrons. The van der Waals surface area contributed by atoms with Crippen LogP contribution in [0.5, 0.6) is 0 Å². The fraction of sp³-hybridized carbons (Fsp3) is 0.234. The van der Waals surface area contributed by atoms with Gasteiger partial charge in [-0.1, -0.05) is 38.1 Å². The number of fused-ring (bicyclic) bond motifs is 2. The summed E-state index contributed by atoms with van der Waals surface area (Å²) in [5.74, 6) is -3.93. The number of nitrogens with zero attached hydrogens (tertiary/aromatic N) is 2. The summed E-state index contributed by atoms with van der Waals surface area (Å²) in [6, 6.07) is 24.7. The molecule has 0 radical (unpaired) electrons. The average Bonchev–Trinajstić information content (AvgIpc) is 3.26. The number of sulfonamides is 2. The summed E-state index contributed by atoms with van der Waals surface area (Å²) in [6.45, 7) is 4.06. The first-order valence-corrected chi connectivity index (χ1v) is 23.0. The SMILES string of the molecule is CCN(CC)S(=O)(=O)c1ccc(C(=O)c2cc(CC(=O)OC3CCN(S(=O)(=O)c4ccc(C(=O)c5cc(CC(=O)O)cc6ccc(F)cc56)cc4)CC3)cc3ccc(F)cc23)cc1. The van der Waals surface area contributed by atoms with E-state index >= 15 is 0 Å². The Labute approximate surface area is 362 Å². The number of halogens is 2. The topological polar surface area (TPSA) is 172 Å². The number of carboxylic acid groups (broad SMARTS) is 1. The number of carbonyl (C=O) groups is 4. The van der Waals surface area contributed by atoms with E-state index in [9.17, 15) is 49.9 Å². The molecular formula is C47H42F2N2O10S2. The summed E-state index contributed by atoms with van der Waals surface area (Å²) >= 11 is 0. The zero-order valence-electron chi connectivity index (χ0n) is 34.2. The van der Waals surface area contributed by atoms with Gasteiger partial charge in [-0.15, -0.1) is 0 Å². The Bertz CT molecular complexity index is 3000. The van der Waals surface area contributed by atoms with Crippen LogP contribution >= 0.6 is 0 Å². The Hall–Kier alpha value is -6.20. The van der Waals surface area contributed by atoms with Gasteiger partial charge < -0.3 is 9.84 Å². The maximum atomic E-state index is 14.4. The number of piperidine rings is 1. The van der Waals surface area contributed by atoms with E-state index in [1.807, 2.05) is 0 Å². The zero-order valence-corrected chi connectivity index (χ0v) is 35.8. The van der Waals surface area contributed by atoms with Crippen LogP contribution in [-0.4, -0.2) is 86.3 Å². The van der Waals surface area contributed by atoms with Gasteiger partial charge in [-0.3, -0.25) is 19.2 Å². The quantitative estimate of drug-likeness (QED) is 0.0813. The van der Waals surface area contributed by atoms with Crippen molar-refractivity contribution in [3.8, 4) is 0 Å². The molecule has 1 aliphatic heterocycles. The number of ketones is 2. The third kappa shape index (κ3) is 9.59. The van der Waals surface area contributed by atoms with Crippen LogP contribution in [0.2, 0.25) is 0 Å². The minimum absolute atomic E-state index is 0.0236. The van der Waals surface area contributed by atoms with Crippen LogP contribution in [0.3, 0.4) is 0 Å². The lowest BCUT2D eigenvalue weighted by atomic mass is 9.94. The number of hydrogen-bond donors (Lipinski definition) is 1. The lowest BCUT2D eigenvalue weighted by molar-refractivity contribution is -0.149. The molecule has 63 heavy (non-hydrogen) atoms. The van der Waals surface area contributed by atoms with E-state index in [2.05, 4.69) is 0 Å². The Balaban J connectivity index is 1.01. The molecule has 1 N–H and O–H groups in total. The molecule has 7 rings (SSSR count). The summed E-state index contributed by atoms with van der Waals surface area (Å²) in [4.78, 5) is 52.1. The van der Waals surface area contributed by atoms with Crippen molar-refractivity contribution < 1.29 is 54.6 Å². The van der Waals surface area contributed by atoms with Gasteiger partial charge in [0.05, 0.1) is 22.6 Å². The van der Waals surface area contributed by atoms with E-state index in [-0.39, 0.29) is 89.3 Å². The molecule has 1 heterocycles. The highest BCUT2D eigenvalue weighted by molar-refractivity contribution is 7.89. The smallest absolute Gasteiger partial charge is 0.310 e.